The summed E-state index contributed by atoms with van der Waals surface area (Å²) in [4.78, 5) is 9.99. The van der Waals surface area contributed by atoms with E-state index >= 15 is 0 Å². The summed E-state index contributed by atoms with van der Waals surface area (Å²) < 4.78 is 11.0. The van der Waals surface area contributed by atoms with Gasteiger partial charge in [-0.1, -0.05) is 12.1 Å². The first kappa shape index (κ1) is 26.2. The van der Waals surface area contributed by atoms with Crippen molar-refractivity contribution in [1.82, 2.24) is 15.1 Å². The van der Waals surface area contributed by atoms with Gasteiger partial charge >= 0.3 is 0 Å². The molecule has 2 aliphatic rings. The second-order valence-corrected chi connectivity index (χ2v) is 8.40. The van der Waals surface area contributed by atoms with Crippen LogP contribution in [0.2, 0.25) is 0 Å². The number of methoxy groups -OCH3 is 1. The topological polar surface area (TPSA) is 49.3 Å². The lowest BCUT2D eigenvalue weighted by molar-refractivity contribution is 0.0263. The number of rotatable bonds is 8. The molecule has 0 atom stereocenters. The lowest BCUT2D eigenvalue weighted by Crippen LogP contribution is -2.47. The van der Waals surface area contributed by atoms with Crippen LogP contribution in [0.25, 0.3) is 0 Å². The number of aliphatic imine (C=N–C) groups is 1. The maximum Gasteiger partial charge on any atom is 0.193 e. The average Bonchev–Trinajstić information content (AvgIpc) is 2.79. The first-order chi connectivity index (χ1) is 14.7. The number of halogens is 1. The molecule has 31 heavy (non-hydrogen) atoms. The predicted octanol–water partition coefficient (Wildman–Crippen LogP) is 3.99. The van der Waals surface area contributed by atoms with Gasteiger partial charge in [0.1, 0.15) is 5.75 Å². The van der Waals surface area contributed by atoms with Crippen molar-refractivity contribution >= 4 is 29.9 Å². The summed E-state index contributed by atoms with van der Waals surface area (Å²) in [5, 5.41) is 3.50. The molecule has 1 aromatic carbocycles. The van der Waals surface area contributed by atoms with Crippen LogP contribution < -0.4 is 10.1 Å². The van der Waals surface area contributed by atoms with Gasteiger partial charge in [0, 0.05) is 39.3 Å². The third-order valence-corrected chi connectivity index (χ3v) is 6.25. The second kappa shape index (κ2) is 14.2. The molecular formula is C24H41IN4O2. The number of nitrogens with one attached hydrogen (secondary N) is 1. The lowest BCUT2D eigenvalue weighted by Gasteiger charge is -2.35. The highest BCUT2D eigenvalue weighted by atomic mass is 127. The van der Waals surface area contributed by atoms with Gasteiger partial charge in [0.25, 0.3) is 0 Å². The molecule has 1 aromatic rings. The molecule has 2 fully saturated rings. The fraction of sp³-hybridized carbons (Fsp3) is 0.708. The van der Waals surface area contributed by atoms with Crippen LogP contribution in [0, 0.1) is 5.92 Å². The third-order valence-electron chi connectivity index (χ3n) is 6.25. The Morgan fingerprint density at radius 3 is 2.29 bits per heavy atom. The van der Waals surface area contributed by atoms with E-state index in [1.807, 2.05) is 0 Å². The van der Waals surface area contributed by atoms with Gasteiger partial charge in [-0.25, -0.2) is 0 Å². The van der Waals surface area contributed by atoms with E-state index in [-0.39, 0.29) is 24.0 Å². The average molecular weight is 545 g/mol. The van der Waals surface area contributed by atoms with E-state index in [0.717, 1.165) is 77.0 Å². The largest absolute Gasteiger partial charge is 0.497 e. The quantitative estimate of drug-likeness (QED) is 0.305. The molecule has 0 radical (unpaired) electrons. The Balaban J connectivity index is 0.00000341. The normalized spacial score (nSPS) is 19.2. The Kier molecular flexibility index (Phi) is 12.0. The number of benzene rings is 1. The summed E-state index contributed by atoms with van der Waals surface area (Å²) in [6.45, 7) is 12.3. The van der Waals surface area contributed by atoms with Crippen LogP contribution in [0.4, 0.5) is 0 Å². The molecule has 2 heterocycles. The molecule has 176 valence electrons. The standard InChI is InChI=1S/C24H40N4O2.HI/c1-4-25-24(28-16-12-23(13-17-28)30-5-2)26-18-20-10-14-27(15-11-20)19-21-6-8-22(29-3)9-7-21;/h6-9,20,23H,4-5,10-19H2,1-3H3,(H,25,26);1H. The summed E-state index contributed by atoms with van der Waals surface area (Å²) in [7, 11) is 1.71. The minimum Gasteiger partial charge on any atom is -0.497 e. The molecule has 2 saturated heterocycles. The molecule has 0 amide bonds. The summed E-state index contributed by atoms with van der Waals surface area (Å²) in [6.07, 6.45) is 5.07. The zero-order valence-corrected chi connectivity index (χ0v) is 21.8. The molecule has 0 aliphatic carbocycles. The van der Waals surface area contributed by atoms with Crippen LogP contribution in [-0.4, -0.2) is 74.8 Å². The van der Waals surface area contributed by atoms with Crippen molar-refractivity contribution in [1.29, 1.82) is 0 Å². The Hall–Kier alpha value is -1.06. The SMILES string of the molecule is CCNC(=NCC1CCN(Cc2ccc(OC)cc2)CC1)N1CCC(OCC)CC1.I. The fourth-order valence-electron chi connectivity index (χ4n) is 4.43. The monoisotopic (exact) mass is 544 g/mol. The van der Waals surface area contributed by atoms with Crippen LogP contribution in [-0.2, 0) is 11.3 Å². The number of ether oxygens (including phenoxy) is 2. The molecular weight excluding hydrogens is 503 g/mol. The van der Waals surface area contributed by atoms with E-state index in [9.17, 15) is 0 Å². The van der Waals surface area contributed by atoms with Gasteiger partial charge in [-0.05, 0) is 76.2 Å². The van der Waals surface area contributed by atoms with E-state index < -0.39 is 0 Å². The van der Waals surface area contributed by atoms with E-state index in [2.05, 4.69) is 53.2 Å². The van der Waals surface area contributed by atoms with Crippen molar-refractivity contribution in [3.8, 4) is 5.75 Å². The Morgan fingerprint density at radius 1 is 1.03 bits per heavy atom. The molecule has 0 saturated carbocycles. The van der Waals surface area contributed by atoms with Crippen molar-refractivity contribution < 1.29 is 9.47 Å². The Bertz CT molecular complexity index is 639. The molecule has 2 aliphatic heterocycles. The minimum absolute atomic E-state index is 0. The molecule has 1 N–H and O–H groups in total. The maximum absolute atomic E-state index is 5.79. The minimum atomic E-state index is 0. The predicted molar refractivity (Wildman–Crippen MR) is 139 cm³/mol. The van der Waals surface area contributed by atoms with E-state index in [0.29, 0.717) is 12.0 Å². The molecule has 0 unspecified atom stereocenters. The molecule has 0 bridgehead atoms. The van der Waals surface area contributed by atoms with Crippen molar-refractivity contribution in [3.05, 3.63) is 29.8 Å². The van der Waals surface area contributed by atoms with Gasteiger partial charge in [-0.3, -0.25) is 9.89 Å². The maximum atomic E-state index is 5.79. The van der Waals surface area contributed by atoms with E-state index in [4.69, 9.17) is 14.5 Å². The van der Waals surface area contributed by atoms with Gasteiger partial charge in [0.15, 0.2) is 5.96 Å². The fourth-order valence-corrected chi connectivity index (χ4v) is 4.43. The molecule has 0 aromatic heterocycles. The third kappa shape index (κ3) is 8.42. The number of piperidine rings is 2. The zero-order valence-electron chi connectivity index (χ0n) is 19.5. The van der Waals surface area contributed by atoms with Crippen LogP contribution in [0.5, 0.6) is 5.75 Å². The van der Waals surface area contributed by atoms with Gasteiger partial charge < -0.3 is 19.7 Å². The van der Waals surface area contributed by atoms with Crippen LogP contribution in [0.1, 0.15) is 45.1 Å². The molecule has 7 heteroatoms. The molecule has 3 rings (SSSR count). The smallest absolute Gasteiger partial charge is 0.193 e. The highest BCUT2D eigenvalue weighted by molar-refractivity contribution is 14.0. The molecule has 6 nitrogen and oxygen atoms in total. The van der Waals surface area contributed by atoms with Crippen LogP contribution in [0.15, 0.2) is 29.3 Å². The number of likely N-dealkylation sites (tertiary alicyclic amines) is 2. The number of hydrogen-bond donors (Lipinski definition) is 1. The summed E-state index contributed by atoms with van der Waals surface area (Å²) >= 11 is 0. The second-order valence-electron chi connectivity index (χ2n) is 8.40. The van der Waals surface area contributed by atoms with Crippen molar-refractivity contribution in [2.75, 3.05) is 53.0 Å². The first-order valence-electron chi connectivity index (χ1n) is 11.7. The number of hydrogen-bond acceptors (Lipinski definition) is 4. The number of nitrogens with zero attached hydrogens (tertiary/aromatic N) is 3. The van der Waals surface area contributed by atoms with Crippen molar-refractivity contribution in [2.24, 2.45) is 10.9 Å². The van der Waals surface area contributed by atoms with Crippen molar-refractivity contribution in [2.45, 2.75) is 52.2 Å². The van der Waals surface area contributed by atoms with E-state index in [1.54, 1.807) is 7.11 Å². The van der Waals surface area contributed by atoms with E-state index in [1.165, 1.54) is 18.4 Å². The van der Waals surface area contributed by atoms with Crippen LogP contribution >= 0.6 is 24.0 Å². The van der Waals surface area contributed by atoms with Gasteiger partial charge in [-0.2, -0.15) is 0 Å². The lowest BCUT2D eigenvalue weighted by atomic mass is 9.96. The summed E-state index contributed by atoms with van der Waals surface area (Å²) in [5.74, 6) is 2.70. The highest BCUT2D eigenvalue weighted by Gasteiger charge is 2.23. The summed E-state index contributed by atoms with van der Waals surface area (Å²) in [6, 6.07) is 8.45. The van der Waals surface area contributed by atoms with Crippen molar-refractivity contribution in [3.63, 3.8) is 0 Å². The summed E-state index contributed by atoms with van der Waals surface area (Å²) in [5.41, 5.74) is 1.36. The zero-order chi connectivity index (χ0) is 21.2. The van der Waals surface area contributed by atoms with Gasteiger partial charge in [-0.15, -0.1) is 24.0 Å². The highest BCUT2D eigenvalue weighted by Crippen LogP contribution is 2.21. The molecule has 0 spiro atoms. The Morgan fingerprint density at radius 2 is 1.71 bits per heavy atom. The van der Waals surface area contributed by atoms with Crippen LogP contribution in [0.3, 0.4) is 0 Å². The number of guanidine groups is 1. The van der Waals surface area contributed by atoms with Gasteiger partial charge in [0.2, 0.25) is 0 Å². The van der Waals surface area contributed by atoms with Gasteiger partial charge in [0.05, 0.1) is 13.2 Å². The Labute approximate surface area is 205 Å². The first-order valence-corrected chi connectivity index (χ1v) is 11.7.